The molecule has 0 radical (unpaired) electrons. The zero-order chi connectivity index (χ0) is 22.5. The number of carbonyl (C=O) groups is 1. The van der Waals surface area contributed by atoms with Crippen molar-refractivity contribution in [2.24, 2.45) is 0 Å². The van der Waals surface area contributed by atoms with E-state index in [1.165, 1.54) is 16.2 Å². The van der Waals surface area contributed by atoms with E-state index >= 15 is 0 Å². The highest BCUT2D eigenvalue weighted by molar-refractivity contribution is 7.98. The van der Waals surface area contributed by atoms with Crippen LogP contribution < -0.4 is 20.9 Å². The summed E-state index contributed by atoms with van der Waals surface area (Å²) >= 11 is 1.50. The largest absolute Gasteiger partial charge is 0.497 e. The number of methoxy groups -OCH3 is 1. The highest BCUT2D eigenvalue weighted by Crippen LogP contribution is 2.29. The van der Waals surface area contributed by atoms with Crippen LogP contribution >= 0.6 is 11.8 Å². The normalized spacial score (nSPS) is 10.7. The summed E-state index contributed by atoms with van der Waals surface area (Å²) < 4.78 is 6.71. The van der Waals surface area contributed by atoms with Crippen LogP contribution in [0.15, 0.2) is 82.6 Å². The number of ether oxygens (including phenoxy) is 1. The van der Waals surface area contributed by atoms with Crippen molar-refractivity contribution in [1.82, 2.24) is 9.38 Å². The molecule has 4 rings (SSSR count). The zero-order valence-electron chi connectivity index (χ0n) is 17.7. The number of amides is 2. The number of aryl methyl sites for hydroxylation is 1. The number of thioether (sulfide) groups is 1. The predicted molar refractivity (Wildman–Crippen MR) is 128 cm³/mol. The van der Waals surface area contributed by atoms with Gasteiger partial charge in [0.25, 0.3) is 5.56 Å². The summed E-state index contributed by atoms with van der Waals surface area (Å²) in [5.74, 6) is 1.16. The average Bonchev–Trinajstić information content (AvgIpc) is 2.78. The summed E-state index contributed by atoms with van der Waals surface area (Å²) in [6.45, 7) is 1.96. The molecule has 0 aliphatic heterocycles. The lowest BCUT2D eigenvalue weighted by Gasteiger charge is -2.12. The van der Waals surface area contributed by atoms with Crippen LogP contribution in [0.5, 0.6) is 5.75 Å². The molecule has 0 unspecified atom stereocenters. The number of hydrogen-bond acceptors (Lipinski definition) is 5. The Morgan fingerprint density at radius 2 is 1.91 bits per heavy atom. The number of hydrogen-bond donors (Lipinski definition) is 2. The van der Waals surface area contributed by atoms with E-state index in [2.05, 4.69) is 15.6 Å². The summed E-state index contributed by atoms with van der Waals surface area (Å²) in [5, 5.41) is 5.69. The van der Waals surface area contributed by atoms with Crippen LogP contribution in [-0.2, 0) is 5.75 Å². The first-order valence-corrected chi connectivity index (χ1v) is 10.9. The lowest BCUT2D eigenvalue weighted by Crippen LogP contribution is -2.19. The van der Waals surface area contributed by atoms with Crippen LogP contribution in [0, 0.1) is 6.92 Å². The number of anilines is 2. The first-order valence-electron chi connectivity index (χ1n) is 9.95. The van der Waals surface area contributed by atoms with Crippen LogP contribution in [-0.4, -0.2) is 22.5 Å². The van der Waals surface area contributed by atoms with E-state index < -0.39 is 0 Å². The minimum Gasteiger partial charge on any atom is -0.497 e. The van der Waals surface area contributed by atoms with Crippen LogP contribution in [0.25, 0.3) is 5.65 Å². The lowest BCUT2D eigenvalue weighted by atomic mass is 10.3. The first-order chi connectivity index (χ1) is 15.5. The third kappa shape index (κ3) is 5.09. The van der Waals surface area contributed by atoms with Crippen LogP contribution in [0.4, 0.5) is 16.2 Å². The predicted octanol–water partition coefficient (Wildman–Crippen LogP) is 4.95. The van der Waals surface area contributed by atoms with Crippen LogP contribution in [0.2, 0.25) is 0 Å². The Morgan fingerprint density at radius 3 is 2.75 bits per heavy atom. The van der Waals surface area contributed by atoms with E-state index in [1.54, 1.807) is 37.6 Å². The standard InChI is InChI=1S/C24H22N4O3S/c1-16-10-11-28-22(12-16)25-18(14-23(28)29)15-32-21-9-4-3-8-20(21)27-24(30)26-17-6-5-7-19(13-17)31-2/h3-14H,15H2,1-2H3,(H2,26,27,30). The number of pyridine rings is 1. The van der Waals surface area contributed by atoms with Crippen molar-refractivity contribution in [3.05, 3.63) is 94.5 Å². The molecule has 8 heteroatoms. The molecule has 162 valence electrons. The van der Waals surface area contributed by atoms with Gasteiger partial charge in [0, 0.05) is 34.7 Å². The van der Waals surface area contributed by atoms with Crippen molar-refractivity contribution in [1.29, 1.82) is 0 Å². The monoisotopic (exact) mass is 446 g/mol. The van der Waals surface area contributed by atoms with Gasteiger partial charge in [-0.3, -0.25) is 9.20 Å². The minimum atomic E-state index is -0.358. The Hall–Kier alpha value is -3.78. The van der Waals surface area contributed by atoms with E-state index in [0.717, 1.165) is 10.5 Å². The lowest BCUT2D eigenvalue weighted by molar-refractivity contribution is 0.262. The summed E-state index contributed by atoms with van der Waals surface area (Å²) in [6, 6.07) is 19.6. The zero-order valence-corrected chi connectivity index (χ0v) is 18.5. The van der Waals surface area contributed by atoms with Crippen molar-refractivity contribution in [3.8, 4) is 5.75 Å². The fraction of sp³-hybridized carbons (Fsp3) is 0.125. The summed E-state index contributed by atoms with van der Waals surface area (Å²) in [5.41, 5.74) is 3.53. The van der Waals surface area contributed by atoms with Crippen molar-refractivity contribution in [2.75, 3.05) is 17.7 Å². The van der Waals surface area contributed by atoms with Gasteiger partial charge in [-0.05, 0) is 48.9 Å². The maximum Gasteiger partial charge on any atom is 0.323 e. The van der Waals surface area contributed by atoms with Crippen molar-refractivity contribution < 1.29 is 9.53 Å². The van der Waals surface area contributed by atoms with Gasteiger partial charge >= 0.3 is 6.03 Å². The van der Waals surface area contributed by atoms with Gasteiger partial charge in [0.1, 0.15) is 11.4 Å². The Labute approximate surface area is 189 Å². The summed E-state index contributed by atoms with van der Waals surface area (Å²) in [4.78, 5) is 30.4. The Morgan fingerprint density at radius 1 is 1.06 bits per heavy atom. The molecule has 0 saturated carbocycles. The number of nitrogens with zero attached hydrogens (tertiary/aromatic N) is 2. The average molecular weight is 447 g/mol. The molecule has 0 saturated heterocycles. The molecule has 32 heavy (non-hydrogen) atoms. The number of rotatable bonds is 6. The molecular weight excluding hydrogens is 424 g/mol. The summed E-state index contributed by atoms with van der Waals surface area (Å²) in [7, 11) is 1.58. The number of fused-ring (bicyclic) bond motifs is 1. The van der Waals surface area contributed by atoms with Gasteiger partial charge in [-0.15, -0.1) is 11.8 Å². The van der Waals surface area contributed by atoms with Gasteiger partial charge < -0.3 is 15.4 Å². The molecule has 0 fully saturated rings. The Balaban J connectivity index is 1.47. The second kappa shape index (κ2) is 9.57. The van der Waals surface area contributed by atoms with Crippen LogP contribution in [0.1, 0.15) is 11.3 Å². The first kappa shape index (κ1) is 21.5. The maximum absolute atomic E-state index is 12.5. The summed E-state index contributed by atoms with van der Waals surface area (Å²) in [6.07, 6.45) is 1.73. The van der Waals surface area contributed by atoms with E-state index in [0.29, 0.717) is 34.2 Å². The van der Waals surface area contributed by atoms with Gasteiger partial charge in [0.15, 0.2) is 0 Å². The quantitative estimate of drug-likeness (QED) is 0.410. The number of aromatic nitrogens is 2. The molecule has 0 spiro atoms. The van der Waals surface area contributed by atoms with Gasteiger partial charge in [0.05, 0.1) is 18.5 Å². The Bertz CT molecular complexity index is 1340. The molecule has 2 N–H and O–H groups in total. The number of benzene rings is 2. The van der Waals surface area contributed by atoms with Gasteiger partial charge in [-0.2, -0.15) is 0 Å². The van der Waals surface area contributed by atoms with E-state index in [-0.39, 0.29) is 11.6 Å². The maximum atomic E-state index is 12.5. The van der Waals surface area contributed by atoms with Gasteiger partial charge in [-0.1, -0.05) is 18.2 Å². The Kier molecular flexibility index (Phi) is 6.42. The molecule has 0 aliphatic rings. The number of urea groups is 1. The van der Waals surface area contributed by atoms with Crippen molar-refractivity contribution in [2.45, 2.75) is 17.6 Å². The minimum absolute atomic E-state index is 0.116. The van der Waals surface area contributed by atoms with Crippen LogP contribution in [0.3, 0.4) is 0 Å². The number of para-hydroxylation sites is 1. The molecule has 7 nitrogen and oxygen atoms in total. The second-order valence-corrected chi connectivity index (χ2v) is 8.13. The van der Waals surface area contributed by atoms with Crippen molar-refractivity contribution >= 4 is 34.8 Å². The fourth-order valence-electron chi connectivity index (χ4n) is 3.16. The SMILES string of the molecule is COc1cccc(NC(=O)Nc2ccccc2SCc2cc(=O)n3ccc(C)cc3n2)c1. The molecule has 0 bridgehead atoms. The molecule has 2 heterocycles. The topological polar surface area (TPSA) is 84.7 Å². The third-order valence-corrected chi connectivity index (χ3v) is 5.82. The highest BCUT2D eigenvalue weighted by atomic mass is 32.2. The van der Waals surface area contributed by atoms with Gasteiger partial charge in [0.2, 0.25) is 0 Å². The fourth-order valence-corrected chi connectivity index (χ4v) is 4.06. The third-order valence-electron chi connectivity index (χ3n) is 4.71. The smallest absolute Gasteiger partial charge is 0.323 e. The van der Waals surface area contributed by atoms with Crippen molar-refractivity contribution in [3.63, 3.8) is 0 Å². The van der Waals surface area contributed by atoms with E-state index in [4.69, 9.17) is 4.74 Å². The molecule has 2 aromatic carbocycles. The molecular formula is C24H22N4O3S. The molecule has 2 amide bonds. The molecule has 0 aliphatic carbocycles. The highest BCUT2D eigenvalue weighted by Gasteiger charge is 2.10. The molecule has 2 aromatic heterocycles. The van der Waals surface area contributed by atoms with E-state index in [9.17, 15) is 9.59 Å². The van der Waals surface area contributed by atoms with E-state index in [1.807, 2.05) is 49.4 Å². The molecule has 0 atom stereocenters. The second-order valence-electron chi connectivity index (χ2n) is 7.11. The van der Waals surface area contributed by atoms with Gasteiger partial charge in [-0.25, -0.2) is 9.78 Å². The molecule has 4 aromatic rings. The number of carbonyl (C=O) groups excluding carboxylic acids is 1. The number of nitrogens with one attached hydrogen (secondary N) is 2.